The standard InChI is InChI=1S/C19H24N2O2/c1-19(2,3)15-10-12-17(13-11-15)23-14-18(22)20-21(4)16-8-6-5-7-9-16/h5-13H,14H2,1-4H3,(H,20,22). The Morgan fingerprint density at radius 2 is 1.65 bits per heavy atom. The maximum absolute atomic E-state index is 11.9. The molecule has 2 rings (SSSR count). The third-order valence-electron chi connectivity index (χ3n) is 3.53. The van der Waals surface area contributed by atoms with Gasteiger partial charge in [0, 0.05) is 7.05 Å². The van der Waals surface area contributed by atoms with Crippen molar-refractivity contribution < 1.29 is 9.53 Å². The number of hydrogen-bond donors (Lipinski definition) is 1. The SMILES string of the molecule is CN(NC(=O)COc1ccc(C(C)(C)C)cc1)c1ccccc1. The van der Waals surface area contributed by atoms with Gasteiger partial charge in [-0.2, -0.15) is 0 Å². The van der Waals surface area contributed by atoms with Gasteiger partial charge in [0.2, 0.25) is 0 Å². The van der Waals surface area contributed by atoms with Crippen LogP contribution >= 0.6 is 0 Å². The highest BCUT2D eigenvalue weighted by Gasteiger charge is 2.13. The molecule has 4 heteroatoms. The Kier molecular flexibility index (Phi) is 5.27. The Morgan fingerprint density at radius 3 is 2.22 bits per heavy atom. The van der Waals surface area contributed by atoms with Crippen LogP contribution in [0.2, 0.25) is 0 Å². The number of ether oxygens (including phenoxy) is 1. The first-order valence-electron chi connectivity index (χ1n) is 7.68. The second kappa shape index (κ2) is 7.18. The minimum absolute atomic E-state index is 0.0218. The van der Waals surface area contributed by atoms with Crippen molar-refractivity contribution in [3.8, 4) is 5.75 Å². The van der Waals surface area contributed by atoms with Crippen molar-refractivity contribution in [2.75, 3.05) is 18.7 Å². The first-order chi connectivity index (χ1) is 10.9. The maximum Gasteiger partial charge on any atom is 0.276 e. The van der Waals surface area contributed by atoms with Crippen molar-refractivity contribution in [1.29, 1.82) is 0 Å². The molecular weight excluding hydrogens is 288 g/mol. The molecule has 0 aromatic heterocycles. The lowest BCUT2D eigenvalue weighted by Gasteiger charge is -2.21. The fourth-order valence-electron chi connectivity index (χ4n) is 2.14. The molecule has 122 valence electrons. The van der Waals surface area contributed by atoms with Gasteiger partial charge in [-0.1, -0.05) is 51.1 Å². The van der Waals surface area contributed by atoms with Crippen molar-refractivity contribution in [3.63, 3.8) is 0 Å². The third-order valence-corrected chi connectivity index (χ3v) is 3.53. The van der Waals surface area contributed by atoms with Gasteiger partial charge in [0.1, 0.15) is 5.75 Å². The normalized spacial score (nSPS) is 11.0. The van der Waals surface area contributed by atoms with E-state index in [4.69, 9.17) is 4.74 Å². The Morgan fingerprint density at radius 1 is 1.04 bits per heavy atom. The van der Waals surface area contributed by atoms with Crippen molar-refractivity contribution in [1.82, 2.24) is 5.43 Å². The molecule has 0 atom stereocenters. The van der Waals surface area contributed by atoms with E-state index in [0.717, 1.165) is 5.69 Å². The molecule has 4 nitrogen and oxygen atoms in total. The zero-order valence-corrected chi connectivity index (χ0v) is 14.2. The number of carbonyl (C=O) groups is 1. The number of para-hydroxylation sites is 1. The van der Waals surface area contributed by atoms with Gasteiger partial charge in [0.15, 0.2) is 6.61 Å². The predicted octanol–water partition coefficient (Wildman–Crippen LogP) is 3.53. The average Bonchev–Trinajstić information content (AvgIpc) is 2.53. The number of benzene rings is 2. The third kappa shape index (κ3) is 5.02. The summed E-state index contributed by atoms with van der Waals surface area (Å²) in [4.78, 5) is 11.9. The molecule has 0 aliphatic carbocycles. The number of rotatable bonds is 5. The largest absolute Gasteiger partial charge is 0.484 e. The molecule has 0 unspecified atom stereocenters. The van der Waals surface area contributed by atoms with E-state index in [1.54, 1.807) is 12.1 Å². The summed E-state index contributed by atoms with van der Waals surface area (Å²) in [6.07, 6.45) is 0. The molecule has 0 fully saturated rings. The molecule has 0 aliphatic heterocycles. The van der Waals surface area contributed by atoms with Crippen LogP contribution in [0.25, 0.3) is 0 Å². The number of amides is 1. The molecule has 1 amide bonds. The van der Waals surface area contributed by atoms with E-state index in [1.165, 1.54) is 5.56 Å². The molecule has 0 radical (unpaired) electrons. The van der Waals surface area contributed by atoms with Gasteiger partial charge in [0.25, 0.3) is 5.91 Å². The number of nitrogens with one attached hydrogen (secondary N) is 1. The first kappa shape index (κ1) is 16.9. The van der Waals surface area contributed by atoms with Crippen LogP contribution in [0.3, 0.4) is 0 Å². The fraction of sp³-hybridized carbons (Fsp3) is 0.316. The zero-order chi connectivity index (χ0) is 16.9. The number of hydrogen-bond acceptors (Lipinski definition) is 3. The molecule has 1 N–H and O–H groups in total. The van der Waals surface area contributed by atoms with Crippen LogP contribution in [-0.4, -0.2) is 19.6 Å². The molecule has 23 heavy (non-hydrogen) atoms. The smallest absolute Gasteiger partial charge is 0.276 e. The van der Waals surface area contributed by atoms with Gasteiger partial charge in [-0.05, 0) is 35.2 Å². The maximum atomic E-state index is 11.9. The molecule has 0 aliphatic rings. The number of anilines is 1. The Hall–Kier alpha value is -2.49. The molecular formula is C19H24N2O2. The Balaban J connectivity index is 1.85. The van der Waals surface area contributed by atoms with E-state index >= 15 is 0 Å². The summed E-state index contributed by atoms with van der Waals surface area (Å²) in [7, 11) is 1.80. The van der Waals surface area contributed by atoms with Gasteiger partial charge in [-0.15, -0.1) is 0 Å². The van der Waals surface area contributed by atoms with Gasteiger partial charge in [-0.3, -0.25) is 15.2 Å². The molecule has 2 aromatic carbocycles. The summed E-state index contributed by atoms with van der Waals surface area (Å²) in [5, 5.41) is 1.67. The zero-order valence-electron chi connectivity index (χ0n) is 14.2. The van der Waals surface area contributed by atoms with Gasteiger partial charge >= 0.3 is 0 Å². The summed E-state index contributed by atoms with van der Waals surface area (Å²) in [6.45, 7) is 6.47. The highest BCUT2D eigenvalue weighted by molar-refractivity contribution is 5.79. The van der Waals surface area contributed by atoms with Crippen LogP contribution in [-0.2, 0) is 10.2 Å². The monoisotopic (exact) mass is 312 g/mol. The van der Waals surface area contributed by atoms with Crippen LogP contribution < -0.4 is 15.2 Å². The van der Waals surface area contributed by atoms with Crippen molar-refractivity contribution in [3.05, 3.63) is 60.2 Å². The van der Waals surface area contributed by atoms with Gasteiger partial charge in [0.05, 0.1) is 5.69 Å². The molecule has 0 spiro atoms. The van der Waals surface area contributed by atoms with E-state index in [9.17, 15) is 4.79 Å². The lowest BCUT2D eigenvalue weighted by atomic mass is 9.87. The summed E-state index contributed by atoms with van der Waals surface area (Å²) in [5.74, 6) is 0.492. The van der Waals surface area contributed by atoms with Crippen molar-refractivity contribution in [2.24, 2.45) is 0 Å². The van der Waals surface area contributed by atoms with Gasteiger partial charge < -0.3 is 4.74 Å². The molecule has 0 heterocycles. The quantitative estimate of drug-likeness (QED) is 0.859. The second-order valence-electron chi connectivity index (χ2n) is 6.49. The molecule has 0 saturated carbocycles. The van der Waals surface area contributed by atoms with Gasteiger partial charge in [-0.25, -0.2) is 0 Å². The number of carbonyl (C=O) groups excluding carboxylic acids is 1. The first-order valence-corrected chi connectivity index (χ1v) is 7.68. The Labute approximate surface area is 138 Å². The lowest BCUT2D eigenvalue weighted by molar-refractivity contribution is -0.123. The van der Waals surface area contributed by atoms with Crippen LogP contribution in [0.1, 0.15) is 26.3 Å². The van der Waals surface area contributed by atoms with E-state index in [0.29, 0.717) is 5.75 Å². The van der Waals surface area contributed by atoms with E-state index in [-0.39, 0.29) is 17.9 Å². The summed E-state index contributed by atoms with van der Waals surface area (Å²) in [5.41, 5.74) is 5.02. The predicted molar refractivity (Wildman–Crippen MR) is 93.6 cm³/mol. The fourth-order valence-corrected chi connectivity index (χ4v) is 2.14. The van der Waals surface area contributed by atoms with E-state index < -0.39 is 0 Å². The van der Waals surface area contributed by atoms with Crippen LogP contribution in [0.15, 0.2) is 54.6 Å². The van der Waals surface area contributed by atoms with Crippen LogP contribution in [0, 0.1) is 0 Å². The Bertz CT molecular complexity index is 631. The summed E-state index contributed by atoms with van der Waals surface area (Å²) in [6, 6.07) is 17.5. The summed E-state index contributed by atoms with van der Waals surface area (Å²) >= 11 is 0. The topological polar surface area (TPSA) is 41.6 Å². The summed E-state index contributed by atoms with van der Waals surface area (Å²) < 4.78 is 5.53. The van der Waals surface area contributed by atoms with Crippen molar-refractivity contribution >= 4 is 11.6 Å². The minimum atomic E-state index is -0.198. The minimum Gasteiger partial charge on any atom is -0.484 e. The van der Waals surface area contributed by atoms with Crippen LogP contribution in [0.4, 0.5) is 5.69 Å². The highest BCUT2D eigenvalue weighted by Crippen LogP contribution is 2.24. The van der Waals surface area contributed by atoms with E-state index in [1.807, 2.05) is 54.6 Å². The molecule has 2 aromatic rings. The molecule has 0 saturated heterocycles. The number of hydrazine groups is 1. The molecule has 0 bridgehead atoms. The number of nitrogens with zero attached hydrogens (tertiary/aromatic N) is 1. The highest BCUT2D eigenvalue weighted by atomic mass is 16.5. The average molecular weight is 312 g/mol. The van der Waals surface area contributed by atoms with Crippen molar-refractivity contribution in [2.45, 2.75) is 26.2 Å². The second-order valence-corrected chi connectivity index (χ2v) is 6.49. The lowest BCUT2D eigenvalue weighted by Crippen LogP contribution is -2.41. The van der Waals surface area contributed by atoms with Crippen LogP contribution in [0.5, 0.6) is 5.75 Å². The van der Waals surface area contributed by atoms with E-state index in [2.05, 4.69) is 26.2 Å².